The van der Waals surface area contributed by atoms with E-state index in [0.29, 0.717) is 42.8 Å². The third kappa shape index (κ3) is 6.62. The molecule has 2 heterocycles. The van der Waals surface area contributed by atoms with Crippen LogP contribution < -0.4 is 0 Å². The van der Waals surface area contributed by atoms with E-state index in [1.165, 1.54) is 26.1 Å². The second kappa shape index (κ2) is 11.3. The van der Waals surface area contributed by atoms with Crippen molar-refractivity contribution in [1.29, 1.82) is 0 Å². The number of rotatable bonds is 3. The molecule has 2 aliphatic rings. The van der Waals surface area contributed by atoms with Crippen LogP contribution in [0.1, 0.15) is 74.0 Å². The summed E-state index contributed by atoms with van der Waals surface area (Å²) in [5.74, 6) is -0.657. The Hall–Kier alpha value is -3.31. The number of hydrogen-bond donors (Lipinski definition) is 0. The Morgan fingerprint density at radius 2 is 1.51 bits per heavy atom. The van der Waals surface area contributed by atoms with E-state index in [1.807, 2.05) is 20.8 Å². The molecule has 0 aromatic heterocycles. The standard InChI is InChI=1S/C31H36F7N3O2/c1-17-11-23(32)7-8-24(17)26-25-16-40(27(42)29(3,4)5)15-19(25)9-10-41(26)28(43)39(6)18(2)20-12-21(30(33,34)35)14-22(13-20)31(36,37)38/h7-8,11-14,18-19,25-26H,9-10,15-16H2,1-6H3/t18-,19-,25-,26+/m1/s1. The van der Waals surface area contributed by atoms with Crippen LogP contribution >= 0.6 is 0 Å². The maximum Gasteiger partial charge on any atom is 0.416 e. The van der Waals surface area contributed by atoms with Gasteiger partial charge in [0.2, 0.25) is 5.91 Å². The Morgan fingerprint density at radius 3 is 2.02 bits per heavy atom. The Morgan fingerprint density at radius 1 is 0.930 bits per heavy atom. The van der Waals surface area contributed by atoms with Crippen LogP contribution in [-0.2, 0) is 17.1 Å². The van der Waals surface area contributed by atoms with Gasteiger partial charge in [-0.15, -0.1) is 0 Å². The lowest BCUT2D eigenvalue weighted by Gasteiger charge is -2.45. The highest BCUT2D eigenvalue weighted by molar-refractivity contribution is 5.82. The molecule has 2 fully saturated rings. The number of nitrogens with zero attached hydrogens (tertiary/aromatic N) is 3. The summed E-state index contributed by atoms with van der Waals surface area (Å²) in [4.78, 5) is 31.7. The number of fused-ring (bicyclic) bond motifs is 1. The number of benzene rings is 2. The van der Waals surface area contributed by atoms with Crippen LogP contribution in [0.4, 0.5) is 35.5 Å². The first-order valence-electron chi connectivity index (χ1n) is 14.1. The third-order valence-electron chi connectivity index (χ3n) is 8.67. The zero-order valence-electron chi connectivity index (χ0n) is 24.9. The van der Waals surface area contributed by atoms with Gasteiger partial charge in [0.05, 0.1) is 23.2 Å². The fourth-order valence-electron chi connectivity index (χ4n) is 6.27. The molecule has 2 saturated heterocycles. The second-order valence-corrected chi connectivity index (χ2v) is 12.7. The van der Waals surface area contributed by atoms with E-state index in [9.17, 15) is 40.3 Å². The van der Waals surface area contributed by atoms with E-state index in [2.05, 4.69) is 0 Å². The zero-order valence-corrected chi connectivity index (χ0v) is 24.9. The summed E-state index contributed by atoms with van der Waals surface area (Å²) in [6, 6.07) is 3.22. The molecule has 0 aliphatic carbocycles. The molecule has 12 heteroatoms. The van der Waals surface area contributed by atoms with Gasteiger partial charge in [-0.25, -0.2) is 9.18 Å². The molecule has 43 heavy (non-hydrogen) atoms. The number of urea groups is 1. The summed E-state index contributed by atoms with van der Waals surface area (Å²) in [5.41, 5.74) is -2.59. The van der Waals surface area contributed by atoms with E-state index in [0.717, 1.165) is 4.90 Å². The molecule has 2 aromatic carbocycles. The SMILES string of the molecule is Cc1cc(F)ccc1[C@H]1[C@@H]2CN(C(=O)C(C)(C)C)C[C@H]2CCN1C(=O)N(C)[C@H](C)c1cc(C(F)(F)F)cc(C(F)(F)F)c1. The fraction of sp³-hybridized carbons (Fsp3) is 0.548. The lowest BCUT2D eigenvalue weighted by molar-refractivity contribution is -0.143. The van der Waals surface area contributed by atoms with Gasteiger partial charge < -0.3 is 14.7 Å². The first-order chi connectivity index (χ1) is 19.7. The summed E-state index contributed by atoms with van der Waals surface area (Å²) < 4.78 is 95.3. The fourth-order valence-corrected chi connectivity index (χ4v) is 6.27. The predicted octanol–water partition coefficient (Wildman–Crippen LogP) is 7.85. The van der Waals surface area contributed by atoms with Crippen molar-refractivity contribution in [3.8, 4) is 0 Å². The number of likely N-dealkylation sites (tertiary alicyclic amines) is 2. The molecule has 0 saturated carbocycles. The van der Waals surface area contributed by atoms with Gasteiger partial charge in [-0.05, 0) is 73.2 Å². The molecule has 0 unspecified atom stereocenters. The molecule has 5 nitrogen and oxygen atoms in total. The smallest absolute Gasteiger partial charge is 0.342 e. The van der Waals surface area contributed by atoms with Crippen LogP contribution in [0.25, 0.3) is 0 Å². The Balaban J connectivity index is 1.71. The Kier molecular flexibility index (Phi) is 8.58. The van der Waals surface area contributed by atoms with E-state index >= 15 is 0 Å². The van der Waals surface area contributed by atoms with Gasteiger partial charge in [0.25, 0.3) is 0 Å². The van der Waals surface area contributed by atoms with Gasteiger partial charge in [-0.2, -0.15) is 26.3 Å². The molecule has 0 spiro atoms. The maximum atomic E-state index is 14.1. The molecule has 0 N–H and O–H groups in total. The van der Waals surface area contributed by atoms with E-state index in [4.69, 9.17) is 0 Å². The number of carbonyl (C=O) groups is 2. The van der Waals surface area contributed by atoms with Gasteiger partial charge >= 0.3 is 18.4 Å². The molecule has 0 bridgehead atoms. The van der Waals surface area contributed by atoms with Gasteiger partial charge in [-0.1, -0.05) is 26.8 Å². The molecule has 4 atom stereocenters. The largest absolute Gasteiger partial charge is 0.416 e. The van der Waals surface area contributed by atoms with E-state index < -0.39 is 52.8 Å². The topological polar surface area (TPSA) is 43.9 Å². The van der Waals surface area contributed by atoms with Crippen LogP contribution in [0, 0.1) is 30.0 Å². The Bertz CT molecular complexity index is 1350. The Labute approximate surface area is 246 Å². The second-order valence-electron chi connectivity index (χ2n) is 12.7. The van der Waals surface area contributed by atoms with Crippen LogP contribution in [0.5, 0.6) is 0 Å². The highest BCUT2D eigenvalue weighted by atomic mass is 19.4. The van der Waals surface area contributed by atoms with Crippen LogP contribution in [0.15, 0.2) is 36.4 Å². The summed E-state index contributed by atoms with van der Waals surface area (Å²) in [6.45, 7) is 9.65. The molecule has 2 aromatic rings. The highest BCUT2D eigenvalue weighted by Crippen LogP contribution is 2.46. The average molecular weight is 616 g/mol. The minimum Gasteiger partial charge on any atom is -0.342 e. The van der Waals surface area contributed by atoms with Crippen molar-refractivity contribution in [2.45, 2.75) is 65.5 Å². The maximum absolute atomic E-state index is 14.1. The van der Waals surface area contributed by atoms with Crippen LogP contribution in [0.2, 0.25) is 0 Å². The van der Waals surface area contributed by atoms with Crippen molar-refractivity contribution >= 4 is 11.9 Å². The lowest BCUT2D eigenvalue weighted by Crippen LogP contribution is -2.51. The third-order valence-corrected chi connectivity index (χ3v) is 8.67. The molecule has 3 amide bonds. The van der Waals surface area contributed by atoms with E-state index in [-0.39, 0.29) is 35.9 Å². The minimum absolute atomic E-state index is 0.0369. The predicted molar refractivity (Wildman–Crippen MR) is 146 cm³/mol. The highest BCUT2D eigenvalue weighted by Gasteiger charge is 2.49. The molecule has 0 radical (unpaired) electrons. The summed E-state index contributed by atoms with van der Waals surface area (Å²) in [7, 11) is 1.34. The van der Waals surface area contributed by atoms with Crippen molar-refractivity contribution in [2.24, 2.45) is 17.3 Å². The minimum atomic E-state index is -5.02. The monoisotopic (exact) mass is 615 g/mol. The van der Waals surface area contributed by atoms with Gasteiger partial charge in [-0.3, -0.25) is 4.79 Å². The summed E-state index contributed by atoms with van der Waals surface area (Å²) >= 11 is 0. The van der Waals surface area contributed by atoms with Crippen LogP contribution in [-0.4, -0.2) is 53.3 Å². The molecule has 2 aliphatic heterocycles. The lowest BCUT2D eigenvalue weighted by atomic mass is 9.78. The van der Waals surface area contributed by atoms with Crippen LogP contribution in [0.3, 0.4) is 0 Å². The first-order valence-corrected chi connectivity index (χ1v) is 14.1. The van der Waals surface area contributed by atoms with Crippen molar-refractivity contribution in [3.63, 3.8) is 0 Å². The van der Waals surface area contributed by atoms with Crippen molar-refractivity contribution < 1.29 is 40.3 Å². The normalized spacial score (nSPS) is 21.9. The number of hydrogen-bond acceptors (Lipinski definition) is 2. The molecule has 236 valence electrons. The average Bonchev–Trinajstić information content (AvgIpc) is 3.33. The number of alkyl halides is 6. The number of halogens is 7. The zero-order chi connectivity index (χ0) is 32.2. The molecule has 4 rings (SSSR count). The van der Waals surface area contributed by atoms with Crippen molar-refractivity contribution in [1.82, 2.24) is 14.7 Å². The van der Waals surface area contributed by atoms with E-state index in [1.54, 1.807) is 22.8 Å². The summed E-state index contributed by atoms with van der Waals surface area (Å²) in [6.07, 6.45) is -9.50. The number of amides is 3. The van der Waals surface area contributed by atoms with Crippen molar-refractivity contribution in [2.75, 3.05) is 26.7 Å². The quantitative estimate of drug-likeness (QED) is 0.330. The summed E-state index contributed by atoms with van der Waals surface area (Å²) in [5, 5.41) is 0. The number of carbonyl (C=O) groups excluding carboxylic acids is 2. The molecular formula is C31H36F7N3O2. The van der Waals surface area contributed by atoms with Gasteiger partial charge in [0, 0.05) is 38.0 Å². The number of piperidine rings is 1. The van der Waals surface area contributed by atoms with Crippen molar-refractivity contribution in [3.05, 3.63) is 70.0 Å². The molecular weight excluding hydrogens is 579 g/mol. The number of aryl methyl sites for hydroxylation is 1. The first kappa shape index (κ1) is 32.6. The van der Waals surface area contributed by atoms with Gasteiger partial charge in [0.15, 0.2) is 0 Å². The van der Waals surface area contributed by atoms with Gasteiger partial charge in [0.1, 0.15) is 5.82 Å².